The number of aliphatic hydroxyl groups excluding tert-OH is 2. The van der Waals surface area contributed by atoms with Gasteiger partial charge in [-0.2, -0.15) is 0 Å². The fraction of sp³-hybridized carbons (Fsp3) is 0.552. The van der Waals surface area contributed by atoms with Crippen LogP contribution in [0.1, 0.15) is 62.5 Å². The normalized spacial score (nSPS) is 21.4. The molecule has 8 heteroatoms. The average molecular weight is 516 g/mol. The standard InChI is InChI=1S/C29H41NO7/c1-34-23-14-10-21(11-15-23)19-22-12-16-24(17-13-22)36-29-28(27(33)25(31)20-35-29)37-26(32)9-7-5-3-2-4-6-8-18-30/h10-17,25,27-29,31,33H,2-9,18-20,30H2,1H3/t25-,27-,28+,29+/m0/s1. The molecule has 0 aliphatic carbocycles. The van der Waals surface area contributed by atoms with Crippen molar-refractivity contribution in [2.75, 3.05) is 20.3 Å². The Bertz CT molecular complexity index is 919. The van der Waals surface area contributed by atoms with E-state index in [1.165, 1.54) is 0 Å². The summed E-state index contributed by atoms with van der Waals surface area (Å²) in [5.41, 5.74) is 7.76. The number of unbranched alkanes of at least 4 members (excludes halogenated alkanes) is 6. The Morgan fingerprint density at radius 3 is 2.05 bits per heavy atom. The maximum atomic E-state index is 12.4. The summed E-state index contributed by atoms with van der Waals surface area (Å²) in [7, 11) is 1.64. The number of rotatable bonds is 15. The second kappa shape index (κ2) is 15.6. The van der Waals surface area contributed by atoms with Crippen molar-refractivity contribution in [3.63, 3.8) is 0 Å². The van der Waals surface area contributed by atoms with Crippen LogP contribution in [0, 0.1) is 0 Å². The highest BCUT2D eigenvalue weighted by Crippen LogP contribution is 2.25. The quantitative estimate of drug-likeness (QED) is 0.242. The molecule has 1 aliphatic heterocycles. The van der Waals surface area contributed by atoms with Crippen LogP contribution >= 0.6 is 0 Å². The van der Waals surface area contributed by atoms with Crippen molar-refractivity contribution in [1.82, 2.24) is 0 Å². The number of carbonyl (C=O) groups is 1. The molecule has 1 aliphatic rings. The Morgan fingerprint density at radius 1 is 0.892 bits per heavy atom. The molecule has 2 aromatic rings. The van der Waals surface area contributed by atoms with Gasteiger partial charge in [0.05, 0.1) is 13.7 Å². The third-order valence-corrected chi connectivity index (χ3v) is 6.53. The van der Waals surface area contributed by atoms with Crippen LogP contribution < -0.4 is 15.2 Å². The van der Waals surface area contributed by atoms with Crippen LogP contribution in [0.4, 0.5) is 0 Å². The molecule has 2 aromatic carbocycles. The number of esters is 1. The Kier molecular flexibility index (Phi) is 12.2. The van der Waals surface area contributed by atoms with Crippen molar-refractivity contribution >= 4 is 5.97 Å². The fourth-order valence-electron chi connectivity index (χ4n) is 4.30. The lowest BCUT2D eigenvalue weighted by molar-refractivity contribution is -0.251. The number of aliphatic hydroxyl groups is 2. The zero-order chi connectivity index (χ0) is 26.5. The van der Waals surface area contributed by atoms with Crippen LogP contribution in [0.25, 0.3) is 0 Å². The minimum atomic E-state index is -1.29. The molecule has 0 unspecified atom stereocenters. The van der Waals surface area contributed by atoms with E-state index < -0.39 is 30.6 Å². The molecule has 4 N–H and O–H groups in total. The van der Waals surface area contributed by atoms with Crippen LogP contribution in [0.3, 0.4) is 0 Å². The van der Waals surface area contributed by atoms with E-state index in [2.05, 4.69) is 0 Å². The first-order valence-electron chi connectivity index (χ1n) is 13.3. The first-order chi connectivity index (χ1) is 18.0. The Labute approximate surface area is 219 Å². The molecule has 0 spiro atoms. The molecule has 0 amide bonds. The van der Waals surface area contributed by atoms with Crippen molar-refractivity contribution in [2.24, 2.45) is 5.73 Å². The van der Waals surface area contributed by atoms with Crippen LogP contribution in [0.15, 0.2) is 48.5 Å². The lowest BCUT2D eigenvalue weighted by Crippen LogP contribution is -2.56. The molecule has 1 heterocycles. The molecule has 0 radical (unpaired) electrons. The van der Waals surface area contributed by atoms with E-state index in [4.69, 9.17) is 24.7 Å². The summed E-state index contributed by atoms with van der Waals surface area (Å²) in [5, 5.41) is 20.5. The topological polar surface area (TPSA) is 120 Å². The molecule has 204 valence electrons. The van der Waals surface area contributed by atoms with E-state index in [-0.39, 0.29) is 13.0 Å². The highest BCUT2D eigenvalue weighted by atomic mass is 16.7. The largest absolute Gasteiger partial charge is 0.497 e. The van der Waals surface area contributed by atoms with Gasteiger partial charge in [-0.1, -0.05) is 56.4 Å². The van der Waals surface area contributed by atoms with Crippen molar-refractivity contribution in [2.45, 2.75) is 82.4 Å². The highest BCUT2D eigenvalue weighted by molar-refractivity contribution is 5.69. The molecule has 3 rings (SSSR count). The minimum Gasteiger partial charge on any atom is -0.497 e. The maximum Gasteiger partial charge on any atom is 0.306 e. The first kappa shape index (κ1) is 28.9. The zero-order valence-corrected chi connectivity index (χ0v) is 21.7. The van der Waals surface area contributed by atoms with Gasteiger partial charge in [-0.15, -0.1) is 0 Å². The lowest BCUT2D eigenvalue weighted by Gasteiger charge is -2.37. The van der Waals surface area contributed by atoms with Gasteiger partial charge in [0.15, 0.2) is 6.10 Å². The van der Waals surface area contributed by atoms with Crippen molar-refractivity contribution in [3.8, 4) is 11.5 Å². The molecule has 37 heavy (non-hydrogen) atoms. The van der Waals surface area contributed by atoms with E-state index >= 15 is 0 Å². The van der Waals surface area contributed by atoms with Gasteiger partial charge >= 0.3 is 5.97 Å². The van der Waals surface area contributed by atoms with Crippen molar-refractivity contribution < 1.29 is 34.0 Å². The second-order valence-corrected chi connectivity index (χ2v) is 9.51. The Hall–Kier alpha value is -2.65. The van der Waals surface area contributed by atoms with Crippen LogP contribution in [-0.4, -0.2) is 61.0 Å². The summed E-state index contributed by atoms with van der Waals surface area (Å²) < 4.78 is 22.2. The van der Waals surface area contributed by atoms with Gasteiger partial charge in [-0.25, -0.2) is 0 Å². The van der Waals surface area contributed by atoms with Crippen LogP contribution in [0.5, 0.6) is 11.5 Å². The molecule has 1 saturated heterocycles. The van der Waals surface area contributed by atoms with E-state index in [9.17, 15) is 15.0 Å². The molecule has 1 fully saturated rings. The highest BCUT2D eigenvalue weighted by Gasteiger charge is 2.43. The third-order valence-electron chi connectivity index (χ3n) is 6.53. The first-order valence-corrected chi connectivity index (χ1v) is 13.3. The summed E-state index contributed by atoms with van der Waals surface area (Å²) in [4.78, 5) is 12.4. The van der Waals surface area contributed by atoms with Gasteiger partial charge in [0.25, 0.3) is 0 Å². The summed E-state index contributed by atoms with van der Waals surface area (Å²) >= 11 is 0. The number of carbonyl (C=O) groups excluding carboxylic acids is 1. The fourth-order valence-corrected chi connectivity index (χ4v) is 4.30. The summed E-state index contributed by atoms with van der Waals surface area (Å²) in [5.74, 6) is 0.896. The Morgan fingerprint density at radius 2 is 1.46 bits per heavy atom. The average Bonchev–Trinajstić information content (AvgIpc) is 2.91. The molecular formula is C29H41NO7. The number of ether oxygens (including phenoxy) is 4. The van der Waals surface area contributed by atoms with Crippen molar-refractivity contribution in [1.29, 1.82) is 0 Å². The molecule has 4 atom stereocenters. The molecule has 0 aromatic heterocycles. The number of nitrogens with two attached hydrogens (primary N) is 1. The van der Waals surface area contributed by atoms with E-state index in [0.29, 0.717) is 12.2 Å². The van der Waals surface area contributed by atoms with Crippen molar-refractivity contribution in [3.05, 3.63) is 59.7 Å². The second-order valence-electron chi connectivity index (χ2n) is 9.51. The molecular weight excluding hydrogens is 474 g/mol. The molecule has 0 saturated carbocycles. The number of methoxy groups -OCH3 is 1. The maximum absolute atomic E-state index is 12.4. The van der Waals surface area contributed by atoms with Gasteiger partial charge in [-0.05, 0) is 61.2 Å². The van der Waals surface area contributed by atoms with Crippen LogP contribution in [-0.2, 0) is 20.7 Å². The summed E-state index contributed by atoms with van der Waals surface area (Å²) in [6.45, 7) is 0.622. The van der Waals surface area contributed by atoms with Crippen LogP contribution in [0.2, 0.25) is 0 Å². The van der Waals surface area contributed by atoms with Gasteiger partial charge in [0.1, 0.15) is 23.7 Å². The number of hydrogen-bond donors (Lipinski definition) is 3. The Balaban J connectivity index is 1.48. The summed E-state index contributed by atoms with van der Waals surface area (Å²) in [6.07, 6.45) is 3.62. The predicted molar refractivity (Wildman–Crippen MR) is 140 cm³/mol. The zero-order valence-electron chi connectivity index (χ0n) is 21.7. The van der Waals surface area contributed by atoms with E-state index in [1.54, 1.807) is 7.11 Å². The molecule has 0 bridgehead atoms. The SMILES string of the molecule is COc1ccc(Cc2ccc(O[C@H]3OC[C@H](O)[C@H](O)[C@H]3OC(=O)CCCCCCCCCN)cc2)cc1. The predicted octanol–water partition coefficient (Wildman–Crippen LogP) is 3.73. The van der Waals surface area contributed by atoms with Gasteiger partial charge in [0, 0.05) is 6.42 Å². The van der Waals surface area contributed by atoms with E-state index in [0.717, 1.165) is 68.4 Å². The minimum absolute atomic E-state index is 0.112. The summed E-state index contributed by atoms with van der Waals surface area (Å²) in [6, 6.07) is 15.4. The lowest BCUT2D eigenvalue weighted by atomic mass is 10.0. The number of hydrogen-bond acceptors (Lipinski definition) is 8. The van der Waals surface area contributed by atoms with Gasteiger partial charge in [0.2, 0.25) is 6.29 Å². The van der Waals surface area contributed by atoms with Gasteiger partial charge in [-0.3, -0.25) is 4.79 Å². The van der Waals surface area contributed by atoms with E-state index in [1.807, 2.05) is 48.5 Å². The number of benzene rings is 2. The molecule has 8 nitrogen and oxygen atoms in total. The smallest absolute Gasteiger partial charge is 0.306 e. The third kappa shape index (κ3) is 9.63. The monoisotopic (exact) mass is 515 g/mol. The van der Waals surface area contributed by atoms with Gasteiger partial charge < -0.3 is 34.9 Å².